The first-order valence-corrected chi connectivity index (χ1v) is 8.16. The first kappa shape index (κ1) is 19.0. The molecule has 1 aromatic carbocycles. The molecule has 0 aliphatic heterocycles. The molecule has 1 aliphatic rings. The summed E-state index contributed by atoms with van der Waals surface area (Å²) in [6.07, 6.45) is -0.944. The number of anilines is 1. The average molecular weight is 387 g/mol. The summed E-state index contributed by atoms with van der Waals surface area (Å²) in [6, 6.07) is 5.17. The second kappa shape index (κ2) is 7.85. The summed E-state index contributed by atoms with van der Waals surface area (Å²) in [5.74, 6) is -0.603. The monoisotopic (exact) mass is 387 g/mol. The molecule has 3 rings (SSSR count). The van der Waals surface area contributed by atoms with E-state index < -0.39 is 25.5 Å². The van der Waals surface area contributed by atoms with Crippen molar-refractivity contribution >= 4 is 11.6 Å². The zero-order valence-electron chi connectivity index (χ0n) is 14.3. The lowest BCUT2D eigenvalue weighted by atomic mass is 10.2. The number of hydrogen-bond donors (Lipinski definition) is 1. The standard InChI is InChI=1S/C17H17F4N3O3/c1-26-14-6-10(4-5-13(14)27-17(20)21)22-15(25)8-24-12(16(18)19)7-11(23-24)9-2-3-9/h4-7,9,16-17H,2-3,8H2,1H3,(H,22,25). The third-order valence-electron chi connectivity index (χ3n) is 4.01. The van der Waals surface area contributed by atoms with Crippen molar-refractivity contribution in [1.29, 1.82) is 0 Å². The third-order valence-corrected chi connectivity index (χ3v) is 4.01. The van der Waals surface area contributed by atoms with Crippen LogP contribution in [0.5, 0.6) is 11.5 Å². The van der Waals surface area contributed by atoms with Crippen LogP contribution in [0, 0.1) is 0 Å². The highest BCUT2D eigenvalue weighted by Crippen LogP contribution is 2.40. The molecule has 1 amide bonds. The van der Waals surface area contributed by atoms with Gasteiger partial charge in [0.05, 0.1) is 12.8 Å². The lowest BCUT2D eigenvalue weighted by Gasteiger charge is -2.12. The second-order valence-corrected chi connectivity index (χ2v) is 6.02. The van der Waals surface area contributed by atoms with E-state index in [1.54, 1.807) is 0 Å². The fourth-order valence-electron chi connectivity index (χ4n) is 2.61. The number of nitrogens with zero attached hydrogens (tertiary/aromatic N) is 2. The van der Waals surface area contributed by atoms with Gasteiger partial charge < -0.3 is 14.8 Å². The Hall–Kier alpha value is -2.78. The van der Waals surface area contributed by atoms with Gasteiger partial charge in [0.15, 0.2) is 11.5 Å². The first-order chi connectivity index (χ1) is 12.9. The molecule has 0 spiro atoms. The Balaban J connectivity index is 1.70. The maximum Gasteiger partial charge on any atom is 0.387 e. The summed E-state index contributed by atoms with van der Waals surface area (Å²) in [6.45, 7) is -3.42. The molecule has 1 aromatic heterocycles. The maximum absolute atomic E-state index is 13.2. The zero-order valence-corrected chi connectivity index (χ0v) is 14.3. The summed E-state index contributed by atoms with van der Waals surface area (Å²) in [7, 11) is 1.26. The van der Waals surface area contributed by atoms with Crippen LogP contribution >= 0.6 is 0 Å². The molecule has 146 valence electrons. The van der Waals surface area contributed by atoms with E-state index in [9.17, 15) is 22.4 Å². The summed E-state index contributed by atoms with van der Waals surface area (Å²) >= 11 is 0. The van der Waals surface area contributed by atoms with Crippen LogP contribution in [0.15, 0.2) is 24.3 Å². The molecular formula is C17H17F4N3O3. The largest absolute Gasteiger partial charge is 0.493 e. The van der Waals surface area contributed by atoms with Crippen molar-refractivity contribution in [3.63, 3.8) is 0 Å². The van der Waals surface area contributed by atoms with Crippen LogP contribution < -0.4 is 14.8 Å². The Morgan fingerprint density at radius 3 is 2.59 bits per heavy atom. The van der Waals surface area contributed by atoms with Crippen molar-refractivity contribution in [3.8, 4) is 11.5 Å². The van der Waals surface area contributed by atoms with E-state index in [1.807, 2.05) is 0 Å². The van der Waals surface area contributed by atoms with E-state index >= 15 is 0 Å². The summed E-state index contributed by atoms with van der Waals surface area (Å²) < 4.78 is 61.2. The van der Waals surface area contributed by atoms with Crippen molar-refractivity contribution in [2.24, 2.45) is 0 Å². The van der Waals surface area contributed by atoms with Crippen molar-refractivity contribution < 1.29 is 31.8 Å². The number of nitrogens with one attached hydrogen (secondary N) is 1. The SMILES string of the molecule is COc1cc(NC(=O)Cn2nc(C3CC3)cc2C(F)F)ccc1OC(F)F. The van der Waals surface area contributed by atoms with E-state index in [1.165, 1.54) is 31.4 Å². The molecular weight excluding hydrogens is 370 g/mol. The fraction of sp³-hybridized carbons (Fsp3) is 0.412. The molecule has 6 nitrogen and oxygen atoms in total. The van der Waals surface area contributed by atoms with E-state index in [0.717, 1.165) is 17.5 Å². The maximum atomic E-state index is 13.2. The molecule has 10 heteroatoms. The Kier molecular flexibility index (Phi) is 5.52. The average Bonchev–Trinajstić information content (AvgIpc) is 3.36. The number of halogens is 4. The number of rotatable bonds is 8. The number of methoxy groups -OCH3 is 1. The number of alkyl halides is 4. The molecule has 1 aliphatic carbocycles. The van der Waals surface area contributed by atoms with Gasteiger partial charge in [0.25, 0.3) is 6.43 Å². The van der Waals surface area contributed by atoms with Gasteiger partial charge in [-0.15, -0.1) is 0 Å². The first-order valence-electron chi connectivity index (χ1n) is 8.16. The predicted octanol–water partition coefficient (Wildman–Crippen LogP) is 3.95. The minimum atomic E-state index is -3.02. The van der Waals surface area contributed by atoms with Gasteiger partial charge in [-0.1, -0.05) is 0 Å². The zero-order chi connectivity index (χ0) is 19.6. The number of carbonyl (C=O) groups is 1. The lowest BCUT2D eigenvalue weighted by Crippen LogP contribution is -2.21. The van der Waals surface area contributed by atoms with Crippen LogP contribution in [0.2, 0.25) is 0 Å². The topological polar surface area (TPSA) is 65.4 Å². The highest BCUT2D eigenvalue weighted by atomic mass is 19.3. The molecule has 1 N–H and O–H groups in total. The summed E-state index contributed by atoms with van der Waals surface area (Å²) in [4.78, 5) is 12.2. The number of aromatic nitrogens is 2. The van der Waals surface area contributed by atoms with E-state index in [0.29, 0.717) is 5.69 Å². The summed E-state index contributed by atoms with van der Waals surface area (Å²) in [5.41, 5.74) is 0.491. The number of hydrogen-bond acceptors (Lipinski definition) is 4. The van der Waals surface area contributed by atoms with Crippen LogP contribution in [0.3, 0.4) is 0 Å². The van der Waals surface area contributed by atoms with E-state index in [2.05, 4.69) is 15.2 Å². The van der Waals surface area contributed by atoms with Gasteiger partial charge >= 0.3 is 6.61 Å². The summed E-state index contributed by atoms with van der Waals surface area (Å²) in [5, 5.41) is 6.60. The van der Waals surface area contributed by atoms with Gasteiger partial charge in [-0.3, -0.25) is 9.48 Å². The van der Waals surface area contributed by atoms with Crippen LogP contribution in [-0.4, -0.2) is 29.4 Å². The molecule has 2 aromatic rings. The number of ether oxygens (including phenoxy) is 2. The van der Waals surface area contributed by atoms with Crippen LogP contribution in [0.25, 0.3) is 0 Å². The molecule has 27 heavy (non-hydrogen) atoms. The van der Waals surface area contributed by atoms with Gasteiger partial charge in [0, 0.05) is 17.7 Å². The Bertz CT molecular complexity index is 822. The quantitative estimate of drug-likeness (QED) is 0.697. The van der Waals surface area contributed by atoms with Crippen molar-refractivity contribution in [2.75, 3.05) is 12.4 Å². The third kappa shape index (κ3) is 4.69. The van der Waals surface area contributed by atoms with E-state index in [4.69, 9.17) is 4.74 Å². The fourth-order valence-corrected chi connectivity index (χ4v) is 2.61. The molecule has 1 saturated carbocycles. The normalized spacial score (nSPS) is 13.9. The van der Waals surface area contributed by atoms with Gasteiger partial charge in [-0.05, 0) is 31.0 Å². The second-order valence-electron chi connectivity index (χ2n) is 6.02. The molecule has 0 radical (unpaired) electrons. The lowest BCUT2D eigenvalue weighted by molar-refractivity contribution is -0.117. The molecule has 1 heterocycles. The Morgan fingerprint density at radius 1 is 1.26 bits per heavy atom. The van der Waals surface area contributed by atoms with Gasteiger partial charge in [-0.25, -0.2) is 8.78 Å². The number of benzene rings is 1. The molecule has 0 atom stereocenters. The highest BCUT2D eigenvalue weighted by Gasteiger charge is 2.29. The smallest absolute Gasteiger partial charge is 0.387 e. The Labute approximate surface area is 152 Å². The van der Waals surface area contributed by atoms with Gasteiger partial charge in [-0.2, -0.15) is 13.9 Å². The van der Waals surface area contributed by atoms with Gasteiger partial charge in [0.2, 0.25) is 5.91 Å². The van der Waals surface area contributed by atoms with Crippen LogP contribution in [0.1, 0.15) is 36.6 Å². The van der Waals surface area contributed by atoms with E-state index in [-0.39, 0.29) is 28.8 Å². The molecule has 0 bridgehead atoms. The van der Waals surface area contributed by atoms with Crippen molar-refractivity contribution in [1.82, 2.24) is 9.78 Å². The van der Waals surface area contributed by atoms with Crippen molar-refractivity contribution in [2.45, 2.75) is 38.3 Å². The molecule has 0 saturated heterocycles. The van der Waals surface area contributed by atoms with Crippen LogP contribution in [0.4, 0.5) is 23.2 Å². The Morgan fingerprint density at radius 2 is 2.00 bits per heavy atom. The number of amides is 1. The van der Waals surface area contributed by atoms with Crippen molar-refractivity contribution in [3.05, 3.63) is 35.7 Å². The minimum absolute atomic E-state index is 0.00326. The predicted molar refractivity (Wildman–Crippen MR) is 87.4 cm³/mol. The molecule has 0 unspecified atom stereocenters. The van der Waals surface area contributed by atoms with Crippen LogP contribution in [-0.2, 0) is 11.3 Å². The number of carbonyl (C=O) groups excluding carboxylic acids is 1. The molecule has 1 fully saturated rings. The minimum Gasteiger partial charge on any atom is -0.493 e. The highest BCUT2D eigenvalue weighted by molar-refractivity contribution is 5.90. The van der Waals surface area contributed by atoms with Gasteiger partial charge in [0.1, 0.15) is 12.2 Å².